The Morgan fingerprint density at radius 2 is 2.10 bits per heavy atom. The lowest BCUT2D eigenvalue weighted by molar-refractivity contribution is -0.118. The second-order valence-corrected chi connectivity index (χ2v) is 4.93. The molecule has 6 heteroatoms. The molecule has 1 aromatic carbocycles. The summed E-state index contributed by atoms with van der Waals surface area (Å²) in [4.78, 5) is 22.9. The van der Waals surface area contributed by atoms with E-state index in [-0.39, 0.29) is 18.4 Å². The average molecular weight is 292 g/mol. The highest BCUT2D eigenvalue weighted by molar-refractivity contribution is 5.96. The summed E-state index contributed by atoms with van der Waals surface area (Å²) in [6, 6.07) is 6.55. The molecule has 1 aliphatic rings. The first-order chi connectivity index (χ1) is 10.1. The normalized spacial score (nSPS) is 15.6. The third-order valence-electron chi connectivity index (χ3n) is 3.28. The van der Waals surface area contributed by atoms with Crippen molar-refractivity contribution in [3.8, 4) is 0 Å². The predicted octanol–water partition coefficient (Wildman–Crippen LogP) is 1.31. The Balaban J connectivity index is 1.73. The standard InChI is InChI=1S/C15H20N2O4/c16-15(19)11-2-1-3-12(10-11)17-14(18)6-9-21-13-4-7-20-8-5-13/h1-3,10,13H,4-9H2,(H2,16,19)(H,17,18). The summed E-state index contributed by atoms with van der Waals surface area (Å²) >= 11 is 0. The molecule has 21 heavy (non-hydrogen) atoms. The fourth-order valence-corrected chi connectivity index (χ4v) is 2.13. The Bertz CT molecular complexity index is 498. The summed E-state index contributed by atoms with van der Waals surface area (Å²) < 4.78 is 10.9. The first kappa shape index (κ1) is 15.5. The van der Waals surface area contributed by atoms with Crippen LogP contribution in [0.3, 0.4) is 0 Å². The van der Waals surface area contributed by atoms with Gasteiger partial charge in [0.25, 0.3) is 0 Å². The lowest BCUT2D eigenvalue weighted by atomic mass is 10.1. The van der Waals surface area contributed by atoms with E-state index in [0.717, 1.165) is 26.1 Å². The Morgan fingerprint density at radius 1 is 1.33 bits per heavy atom. The number of hydrogen-bond donors (Lipinski definition) is 2. The molecule has 0 spiro atoms. The van der Waals surface area contributed by atoms with E-state index in [4.69, 9.17) is 15.2 Å². The minimum Gasteiger partial charge on any atom is -0.381 e. The molecule has 0 aliphatic carbocycles. The number of carbonyl (C=O) groups excluding carboxylic acids is 2. The number of amides is 2. The maximum atomic E-state index is 11.8. The number of primary amides is 1. The molecule has 1 aliphatic heterocycles. The van der Waals surface area contributed by atoms with Crippen molar-refractivity contribution in [2.75, 3.05) is 25.1 Å². The molecule has 2 amide bonds. The maximum Gasteiger partial charge on any atom is 0.248 e. The molecule has 1 aromatic rings. The Hall–Kier alpha value is -1.92. The van der Waals surface area contributed by atoms with Gasteiger partial charge in [0, 0.05) is 24.5 Å². The van der Waals surface area contributed by atoms with E-state index in [1.807, 2.05) is 0 Å². The van der Waals surface area contributed by atoms with Crippen LogP contribution in [-0.4, -0.2) is 37.7 Å². The number of ether oxygens (including phenoxy) is 2. The molecule has 0 atom stereocenters. The van der Waals surface area contributed by atoms with Crippen LogP contribution in [0.15, 0.2) is 24.3 Å². The zero-order valence-corrected chi connectivity index (χ0v) is 11.8. The first-order valence-electron chi connectivity index (χ1n) is 7.04. The number of carbonyl (C=O) groups is 2. The van der Waals surface area contributed by atoms with Crippen LogP contribution < -0.4 is 11.1 Å². The molecule has 2 rings (SSSR count). The monoisotopic (exact) mass is 292 g/mol. The van der Waals surface area contributed by atoms with Crippen molar-refractivity contribution in [1.82, 2.24) is 0 Å². The second kappa shape index (κ2) is 7.75. The van der Waals surface area contributed by atoms with Gasteiger partial charge in [-0.05, 0) is 31.0 Å². The van der Waals surface area contributed by atoms with Crippen molar-refractivity contribution in [3.63, 3.8) is 0 Å². The van der Waals surface area contributed by atoms with E-state index in [0.29, 0.717) is 17.9 Å². The van der Waals surface area contributed by atoms with E-state index in [2.05, 4.69) is 5.32 Å². The highest BCUT2D eigenvalue weighted by Gasteiger charge is 2.14. The molecular formula is C15H20N2O4. The molecule has 1 saturated heterocycles. The van der Waals surface area contributed by atoms with Gasteiger partial charge in [0.05, 0.1) is 19.1 Å². The zero-order valence-electron chi connectivity index (χ0n) is 11.8. The lowest BCUT2D eigenvalue weighted by Gasteiger charge is -2.22. The van der Waals surface area contributed by atoms with Crippen molar-refractivity contribution in [2.24, 2.45) is 5.73 Å². The van der Waals surface area contributed by atoms with Crippen LogP contribution in [0.1, 0.15) is 29.6 Å². The molecule has 0 aromatic heterocycles. The molecule has 1 heterocycles. The third kappa shape index (κ3) is 5.17. The SMILES string of the molecule is NC(=O)c1cccc(NC(=O)CCOC2CCOCC2)c1. The highest BCUT2D eigenvalue weighted by Crippen LogP contribution is 2.12. The summed E-state index contributed by atoms with van der Waals surface area (Å²) in [5.74, 6) is -0.669. The summed E-state index contributed by atoms with van der Waals surface area (Å²) in [5, 5.41) is 2.72. The summed E-state index contributed by atoms with van der Waals surface area (Å²) in [6.07, 6.45) is 2.22. The number of nitrogens with one attached hydrogen (secondary N) is 1. The zero-order chi connectivity index (χ0) is 15.1. The molecule has 3 N–H and O–H groups in total. The largest absolute Gasteiger partial charge is 0.381 e. The van der Waals surface area contributed by atoms with Gasteiger partial charge < -0.3 is 20.5 Å². The van der Waals surface area contributed by atoms with Gasteiger partial charge in [-0.1, -0.05) is 6.07 Å². The van der Waals surface area contributed by atoms with Gasteiger partial charge in [0.15, 0.2) is 0 Å². The molecule has 0 radical (unpaired) electrons. The van der Waals surface area contributed by atoms with Crippen molar-refractivity contribution in [3.05, 3.63) is 29.8 Å². The second-order valence-electron chi connectivity index (χ2n) is 4.93. The van der Waals surface area contributed by atoms with E-state index in [1.165, 1.54) is 0 Å². The third-order valence-corrected chi connectivity index (χ3v) is 3.28. The average Bonchev–Trinajstić information content (AvgIpc) is 2.48. The van der Waals surface area contributed by atoms with Crippen molar-refractivity contribution in [2.45, 2.75) is 25.4 Å². The van der Waals surface area contributed by atoms with E-state index >= 15 is 0 Å². The minimum atomic E-state index is -0.519. The van der Waals surface area contributed by atoms with Crippen LogP contribution in [0.25, 0.3) is 0 Å². The fraction of sp³-hybridized carbons (Fsp3) is 0.467. The summed E-state index contributed by atoms with van der Waals surface area (Å²) in [6.45, 7) is 1.82. The predicted molar refractivity (Wildman–Crippen MR) is 78.0 cm³/mol. The van der Waals surface area contributed by atoms with Crippen LogP contribution >= 0.6 is 0 Å². The van der Waals surface area contributed by atoms with Crippen molar-refractivity contribution in [1.29, 1.82) is 0 Å². The molecule has 1 fully saturated rings. The van der Waals surface area contributed by atoms with Gasteiger partial charge in [-0.3, -0.25) is 9.59 Å². The lowest BCUT2D eigenvalue weighted by Crippen LogP contribution is -2.25. The Labute approximate surface area is 123 Å². The topological polar surface area (TPSA) is 90.7 Å². The first-order valence-corrected chi connectivity index (χ1v) is 7.04. The molecule has 0 bridgehead atoms. The van der Waals surface area contributed by atoms with Crippen molar-refractivity contribution < 1.29 is 19.1 Å². The number of anilines is 1. The van der Waals surface area contributed by atoms with E-state index in [1.54, 1.807) is 24.3 Å². The molecule has 0 unspecified atom stereocenters. The van der Waals surface area contributed by atoms with Crippen LogP contribution in [0.2, 0.25) is 0 Å². The van der Waals surface area contributed by atoms with Gasteiger partial charge >= 0.3 is 0 Å². The van der Waals surface area contributed by atoms with Gasteiger partial charge in [-0.15, -0.1) is 0 Å². The number of hydrogen-bond acceptors (Lipinski definition) is 4. The Morgan fingerprint density at radius 3 is 2.81 bits per heavy atom. The van der Waals surface area contributed by atoms with Crippen molar-refractivity contribution >= 4 is 17.5 Å². The number of nitrogens with two attached hydrogens (primary N) is 1. The van der Waals surface area contributed by atoms with Gasteiger partial charge in [0.2, 0.25) is 11.8 Å². The van der Waals surface area contributed by atoms with Gasteiger partial charge in [-0.2, -0.15) is 0 Å². The van der Waals surface area contributed by atoms with E-state index < -0.39 is 5.91 Å². The fourth-order valence-electron chi connectivity index (χ4n) is 2.13. The molecule has 6 nitrogen and oxygen atoms in total. The number of rotatable bonds is 6. The van der Waals surface area contributed by atoms with Gasteiger partial charge in [0.1, 0.15) is 0 Å². The minimum absolute atomic E-state index is 0.149. The maximum absolute atomic E-state index is 11.8. The van der Waals surface area contributed by atoms with Crippen LogP contribution in [0, 0.1) is 0 Å². The summed E-state index contributed by atoms with van der Waals surface area (Å²) in [7, 11) is 0. The smallest absolute Gasteiger partial charge is 0.248 e. The summed E-state index contributed by atoms with van der Waals surface area (Å²) in [5.41, 5.74) is 6.12. The molecular weight excluding hydrogens is 272 g/mol. The molecule has 0 saturated carbocycles. The number of benzene rings is 1. The quantitative estimate of drug-likeness (QED) is 0.827. The van der Waals surface area contributed by atoms with Crippen LogP contribution in [0.4, 0.5) is 5.69 Å². The molecule has 114 valence electrons. The van der Waals surface area contributed by atoms with Crippen LogP contribution in [-0.2, 0) is 14.3 Å². The van der Waals surface area contributed by atoms with Crippen LogP contribution in [0.5, 0.6) is 0 Å². The van der Waals surface area contributed by atoms with E-state index in [9.17, 15) is 9.59 Å². The Kier molecular flexibility index (Phi) is 5.71. The highest BCUT2D eigenvalue weighted by atomic mass is 16.5. The van der Waals surface area contributed by atoms with Gasteiger partial charge in [-0.25, -0.2) is 0 Å².